The Morgan fingerprint density at radius 2 is 1.80 bits per heavy atom. The number of benzene rings is 1. The SMILES string of the molecule is COCCn1cc(-c2cnc(Nc3cc(OC)cc(OC)c3)nc2-n2ccc(C(F)(F)F)n2)cc(C(=O)O)c1=O. The van der Waals surface area contributed by atoms with E-state index < -0.39 is 29.0 Å². The minimum absolute atomic E-state index is 0.0238. The predicted molar refractivity (Wildman–Crippen MR) is 136 cm³/mol. The van der Waals surface area contributed by atoms with Crippen molar-refractivity contribution >= 4 is 17.6 Å². The van der Waals surface area contributed by atoms with E-state index in [4.69, 9.17) is 14.2 Å². The van der Waals surface area contributed by atoms with E-state index in [1.54, 1.807) is 18.2 Å². The van der Waals surface area contributed by atoms with E-state index in [1.807, 2.05) is 0 Å². The molecule has 0 unspecified atom stereocenters. The number of nitrogens with zero attached hydrogens (tertiary/aromatic N) is 5. The maximum atomic E-state index is 13.3. The smallest absolute Gasteiger partial charge is 0.435 e. The van der Waals surface area contributed by atoms with Crippen molar-refractivity contribution in [2.75, 3.05) is 33.3 Å². The summed E-state index contributed by atoms with van der Waals surface area (Å²) in [5.41, 5.74) is -1.78. The van der Waals surface area contributed by atoms with E-state index in [0.717, 1.165) is 27.6 Å². The van der Waals surface area contributed by atoms with Crippen molar-refractivity contribution in [2.24, 2.45) is 0 Å². The van der Waals surface area contributed by atoms with Crippen LogP contribution >= 0.6 is 0 Å². The first-order valence-electron chi connectivity index (χ1n) is 11.5. The first kappa shape index (κ1) is 28.1. The lowest BCUT2D eigenvalue weighted by Gasteiger charge is -2.15. The Labute approximate surface area is 224 Å². The zero-order chi connectivity index (χ0) is 29.0. The molecule has 0 aliphatic carbocycles. The maximum absolute atomic E-state index is 13.3. The van der Waals surface area contributed by atoms with Crippen LogP contribution in [-0.4, -0.2) is 63.3 Å². The largest absolute Gasteiger partial charge is 0.497 e. The van der Waals surface area contributed by atoms with E-state index in [9.17, 15) is 27.9 Å². The highest BCUT2D eigenvalue weighted by molar-refractivity contribution is 5.89. The lowest BCUT2D eigenvalue weighted by Crippen LogP contribution is -2.27. The fraction of sp³-hybridized carbons (Fsp3) is 0.240. The van der Waals surface area contributed by atoms with Gasteiger partial charge in [0.05, 0.1) is 20.8 Å². The number of alkyl halides is 3. The molecule has 3 aromatic heterocycles. The van der Waals surface area contributed by atoms with Gasteiger partial charge in [-0.2, -0.15) is 23.3 Å². The molecule has 2 N–H and O–H groups in total. The molecule has 0 bridgehead atoms. The number of anilines is 2. The van der Waals surface area contributed by atoms with Crippen molar-refractivity contribution in [2.45, 2.75) is 12.7 Å². The minimum atomic E-state index is -4.72. The standard InChI is InChI=1S/C25H23F3N6O6/c1-38-7-6-33-13-14(8-18(22(33)35)23(36)37)19-12-29-24(30-15-9-16(39-2)11-17(10-15)40-3)31-21(19)34-5-4-20(32-34)25(26,27)28/h4-5,8-13H,6-7H2,1-3H3,(H,36,37)(H,29,30,31). The first-order valence-corrected chi connectivity index (χ1v) is 11.5. The van der Waals surface area contributed by atoms with Crippen LogP contribution in [0.5, 0.6) is 11.5 Å². The Hall–Kier alpha value is -4.92. The van der Waals surface area contributed by atoms with E-state index >= 15 is 0 Å². The Balaban J connectivity index is 1.89. The second kappa shape index (κ2) is 11.4. The zero-order valence-corrected chi connectivity index (χ0v) is 21.4. The molecule has 4 aromatic rings. The van der Waals surface area contributed by atoms with E-state index in [2.05, 4.69) is 20.4 Å². The molecular weight excluding hydrogens is 537 g/mol. The number of rotatable bonds is 10. The Morgan fingerprint density at radius 3 is 2.38 bits per heavy atom. The van der Waals surface area contributed by atoms with Crippen LogP contribution in [0.1, 0.15) is 16.1 Å². The van der Waals surface area contributed by atoms with Crippen LogP contribution in [0, 0.1) is 0 Å². The van der Waals surface area contributed by atoms with Gasteiger partial charge in [-0.1, -0.05) is 0 Å². The zero-order valence-electron chi connectivity index (χ0n) is 21.4. The highest BCUT2D eigenvalue weighted by Crippen LogP contribution is 2.32. The third-order valence-electron chi connectivity index (χ3n) is 5.64. The minimum Gasteiger partial charge on any atom is -0.497 e. The number of carboxylic acid groups (broad SMARTS) is 1. The van der Waals surface area contributed by atoms with E-state index in [-0.39, 0.29) is 36.0 Å². The molecule has 210 valence electrons. The Kier molecular flexibility index (Phi) is 8.04. The van der Waals surface area contributed by atoms with Crippen molar-refractivity contribution in [3.63, 3.8) is 0 Å². The number of nitrogens with one attached hydrogen (secondary N) is 1. The van der Waals surface area contributed by atoms with Gasteiger partial charge < -0.3 is 29.2 Å². The summed E-state index contributed by atoms with van der Waals surface area (Å²) in [4.78, 5) is 33.1. The van der Waals surface area contributed by atoms with Gasteiger partial charge in [0.25, 0.3) is 5.56 Å². The van der Waals surface area contributed by atoms with Crippen LogP contribution in [0.3, 0.4) is 0 Å². The number of carbonyl (C=O) groups is 1. The maximum Gasteiger partial charge on any atom is 0.435 e. The molecule has 0 atom stereocenters. The predicted octanol–water partition coefficient (Wildman–Crippen LogP) is 3.62. The lowest BCUT2D eigenvalue weighted by molar-refractivity contribution is -0.141. The van der Waals surface area contributed by atoms with Gasteiger partial charge in [0.1, 0.15) is 17.1 Å². The molecule has 1 aromatic carbocycles. The monoisotopic (exact) mass is 560 g/mol. The third-order valence-corrected chi connectivity index (χ3v) is 5.64. The van der Waals surface area contributed by atoms with Crippen LogP contribution in [0.25, 0.3) is 16.9 Å². The Morgan fingerprint density at radius 1 is 1.10 bits per heavy atom. The van der Waals surface area contributed by atoms with Gasteiger partial charge in [0.15, 0.2) is 11.5 Å². The molecule has 0 spiro atoms. The van der Waals surface area contributed by atoms with Crippen LogP contribution in [0.2, 0.25) is 0 Å². The van der Waals surface area contributed by atoms with Gasteiger partial charge in [0, 0.05) is 67.3 Å². The molecule has 40 heavy (non-hydrogen) atoms. The third kappa shape index (κ3) is 6.04. The van der Waals surface area contributed by atoms with Crippen molar-refractivity contribution in [1.82, 2.24) is 24.3 Å². The van der Waals surface area contributed by atoms with Crippen molar-refractivity contribution in [3.05, 3.63) is 70.5 Å². The molecule has 3 heterocycles. The van der Waals surface area contributed by atoms with Crippen molar-refractivity contribution in [3.8, 4) is 28.4 Å². The summed E-state index contributed by atoms with van der Waals surface area (Å²) in [5, 5.41) is 16.2. The summed E-state index contributed by atoms with van der Waals surface area (Å²) >= 11 is 0. The summed E-state index contributed by atoms with van der Waals surface area (Å²) in [6.45, 7) is 0.129. The Bertz CT molecular complexity index is 1580. The number of hydrogen-bond acceptors (Lipinski definition) is 9. The summed E-state index contributed by atoms with van der Waals surface area (Å²) in [6, 6.07) is 6.76. The van der Waals surface area contributed by atoms with E-state index in [1.165, 1.54) is 33.7 Å². The molecule has 0 radical (unpaired) electrons. The number of pyridine rings is 1. The number of aromatic carboxylic acids is 1. The quantitative estimate of drug-likeness (QED) is 0.295. The van der Waals surface area contributed by atoms with Gasteiger partial charge in [-0.3, -0.25) is 4.79 Å². The molecule has 0 saturated carbocycles. The molecule has 15 heteroatoms. The van der Waals surface area contributed by atoms with Gasteiger partial charge >= 0.3 is 12.1 Å². The highest BCUT2D eigenvalue weighted by Gasteiger charge is 2.34. The van der Waals surface area contributed by atoms with Crippen LogP contribution in [0.4, 0.5) is 24.8 Å². The van der Waals surface area contributed by atoms with Gasteiger partial charge in [-0.25, -0.2) is 14.5 Å². The molecule has 0 fully saturated rings. The number of ether oxygens (including phenoxy) is 3. The lowest BCUT2D eigenvalue weighted by atomic mass is 10.1. The van der Waals surface area contributed by atoms with Crippen LogP contribution in [0.15, 0.2) is 53.7 Å². The molecule has 0 aliphatic heterocycles. The average Bonchev–Trinajstić information content (AvgIpc) is 3.43. The van der Waals surface area contributed by atoms with Crippen molar-refractivity contribution in [1.29, 1.82) is 0 Å². The molecule has 0 amide bonds. The molecule has 0 aliphatic rings. The molecule has 0 saturated heterocycles. The summed E-state index contributed by atoms with van der Waals surface area (Å²) in [6.07, 6.45) is -1.03. The van der Waals surface area contributed by atoms with Gasteiger partial charge in [0.2, 0.25) is 5.95 Å². The molecule has 4 rings (SSSR count). The number of methoxy groups -OCH3 is 3. The van der Waals surface area contributed by atoms with E-state index in [0.29, 0.717) is 17.2 Å². The second-order valence-electron chi connectivity index (χ2n) is 8.24. The van der Waals surface area contributed by atoms with Gasteiger partial charge in [-0.05, 0) is 12.1 Å². The number of aromatic nitrogens is 5. The van der Waals surface area contributed by atoms with Crippen LogP contribution < -0.4 is 20.3 Å². The molecule has 12 nitrogen and oxygen atoms in total. The summed E-state index contributed by atoms with van der Waals surface area (Å²) < 4.78 is 57.6. The summed E-state index contributed by atoms with van der Waals surface area (Å²) in [5.74, 6) is -0.704. The first-order chi connectivity index (χ1) is 19.0. The van der Waals surface area contributed by atoms with Crippen LogP contribution in [-0.2, 0) is 17.5 Å². The fourth-order valence-corrected chi connectivity index (χ4v) is 3.71. The second-order valence-corrected chi connectivity index (χ2v) is 8.24. The normalized spacial score (nSPS) is 11.3. The summed E-state index contributed by atoms with van der Waals surface area (Å²) in [7, 11) is 4.35. The fourth-order valence-electron chi connectivity index (χ4n) is 3.71. The number of halogens is 3. The number of hydrogen-bond donors (Lipinski definition) is 2. The molecular formula is C25H23F3N6O6. The number of carboxylic acids is 1. The highest BCUT2D eigenvalue weighted by atomic mass is 19.4. The average molecular weight is 560 g/mol. The van der Waals surface area contributed by atoms with Crippen molar-refractivity contribution < 1.29 is 37.3 Å². The topological polar surface area (TPSA) is 143 Å². The van der Waals surface area contributed by atoms with Gasteiger partial charge in [-0.15, -0.1) is 0 Å².